The van der Waals surface area contributed by atoms with Crippen molar-refractivity contribution < 1.29 is 9.53 Å². The summed E-state index contributed by atoms with van der Waals surface area (Å²) in [5, 5.41) is 0.416. The number of aromatic amines is 1. The van der Waals surface area contributed by atoms with Crippen LogP contribution in [-0.4, -0.2) is 22.1 Å². The van der Waals surface area contributed by atoms with Gasteiger partial charge in [0.2, 0.25) is 0 Å². The third-order valence-corrected chi connectivity index (χ3v) is 5.12. The second-order valence-electron chi connectivity index (χ2n) is 5.14. The van der Waals surface area contributed by atoms with Gasteiger partial charge < -0.3 is 9.72 Å². The Labute approximate surface area is 170 Å². The van der Waals surface area contributed by atoms with Crippen LogP contribution in [0.4, 0.5) is 0 Å². The summed E-state index contributed by atoms with van der Waals surface area (Å²) >= 11 is 10.7. The van der Waals surface area contributed by atoms with Crippen LogP contribution in [0.1, 0.15) is 17.3 Å². The Balaban J connectivity index is 2.16. The molecule has 0 saturated carbocycles. The lowest BCUT2D eigenvalue weighted by Gasteiger charge is -2.10. The summed E-state index contributed by atoms with van der Waals surface area (Å²) < 4.78 is 8.02. The van der Waals surface area contributed by atoms with Crippen molar-refractivity contribution in [3.05, 3.63) is 65.1 Å². The molecule has 3 aromatic rings. The number of H-pyrrole nitrogens is 1. The number of halogens is 2. The molecule has 128 valence electrons. The number of carbonyl (C=O) groups excluding carboxylic acids is 1. The lowest BCUT2D eigenvalue weighted by atomic mass is 10.2. The quantitative estimate of drug-likeness (QED) is 0.399. The first-order chi connectivity index (χ1) is 11.9. The predicted octanol–water partition coefficient (Wildman–Crippen LogP) is 4.51. The third kappa shape index (κ3) is 3.56. The number of ether oxygens (including phenoxy) is 1. The maximum absolute atomic E-state index is 12.9. The fraction of sp³-hybridized carbons (Fsp3) is 0.118. The van der Waals surface area contributed by atoms with Gasteiger partial charge in [0.25, 0.3) is 11.5 Å². The summed E-state index contributed by atoms with van der Waals surface area (Å²) in [6.07, 6.45) is 0. The van der Waals surface area contributed by atoms with E-state index in [9.17, 15) is 9.59 Å². The molecule has 0 aliphatic carbocycles. The second kappa shape index (κ2) is 7.38. The van der Waals surface area contributed by atoms with Crippen LogP contribution in [0.5, 0.6) is 5.75 Å². The normalized spacial score (nSPS) is 10.8. The molecule has 1 N–H and O–H groups in total. The molecule has 8 heteroatoms. The van der Waals surface area contributed by atoms with E-state index in [2.05, 4.69) is 43.5 Å². The Hall–Kier alpha value is -1.52. The highest BCUT2D eigenvalue weighted by molar-refractivity contribution is 14.1. The number of nitrogens with one attached hydrogen (secondary N) is 1. The van der Waals surface area contributed by atoms with Crippen molar-refractivity contribution in [3.8, 4) is 5.75 Å². The lowest BCUT2D eigenvalue weighted by molar-refractivity contribution is 0.0953. The monoisotopic (exact) mass is 530 g/mol. The van der Waals surface area contributed by atoms with E-state index >= 15 is 0 Å². The summed E-state index contributed by atoms with van der Waals surface area (Å²) in [4.78, 5) is 28.6. The molecule has 0 radical (unpaired) electrons. The Bertz CT molecular complexity index is 1110. The molecule has 0 bridgehead atoms. The first kappa shape index (κ1) is 18.3. The maximum atomic E-state index is 12.9. The molecule has 0 amide bonds. The van der Waals surface area contributed by atoms with Gasteiger partial charge in [-0.25, -0.2) is 4.57 Å². The predicted molar refractivity (Wildman–Crippen MR) is 111 cm³/mol. The first-order valence-corrected chi connectivity index (χ1v) is 9.62. The first-order valence-electron chi connectivity index (χ1n) is 7.34. The summed E-state index contributed by atoms with van der Waals surface area (Å²) in [7, 11) is 0. The molecule has 3 rings (SSSR count). The van der Waals surface area contributed by atoms with Gasteiger partial charge in [0.15, 0.2) is 4.77 Å². The highest BCUT2D eigenvalue weighted by atomic mass is 127. The number of carbonyl (C=O) groups is 1. The van der Waals surface area contributed by atoms with Crippen molar-refractivity contribution >= 4 is 67.5 Å². The van der Waals surface area contributed by atoms with Gasteiger partial charge in [-0.2, -0.15) is 0 Å². The second-order valence-corrected chi connectivity index (χ2v) is 7.63. The van der Waals surface area contributed by atoms with E-state index in [1.54, 1.807) is 30.3 Å². The van der Waals surface area contributed by atoms with Crippen molar-refractivity contribution in [1.29, 1.82) is 0 Å². The van der Waals surface area contributed by atoms with Gasteiger partial charge in [0.05, 0.1) is 22.0 Å². The summed E-state index contributed by atoms with van der Waals surface area (Å²) in [5.74, 6) is 0.139. The van der Waals surface area contributed by atoms with Gasteiger partial charge in [-0.3, -0.25) is 9.59 Å². The molecule has 1 heterocycles. The molecule has 1 aromatic heterocycles. The smallest absolute Gasteiger partial charge is 0.269 e. The van der Waals surface area contributed by atoms with Gasteiger partial charge >= 0.3 is 0 Å². The summed E-state index contributed by atoms with van der Waals surface area (Å²) in [6, 6.07) is 10.3. The molecule has 2 aromatic carbocycles. The van der Waals surface area contributed by atoms with Crippen LogP contribution in [0.15, 0.2) is 45.7 Å². The molecular weight excluding hydrogens is 519 g/mol. The molecule has 0 aliphatic rings. The highest BCUT2D eigenvalue weighted by Crippen LogP contribution is 2.26. The van der Waals surface area contributed by atoms with Gasteiger partial charge in [-0.05, 0) is 94.1 Å². The lowest BCUT2D eigenvalue weighted by Crippen LogP contribution is -2.29. The number of hydrogen-bond donors (Lipinski definition) is 1. The molecule has 25 heavy (non-hydrogen) atoms. The van der Waals surface area contributed by atoms with Crippen molar-refractivity contribution in [2.24, 2.45) is 0 Å². The number of rotatable bonds is 3. The van der Waals surface area contributed by atoms with Gasteiger partial charge in [0.1, 0.15) is 5.75 Å². The Morgan fingerprint density at radius 2 is 2.08 bits per heavy atom. The minimum Gasteiger partial charge on any atom is -0.493 e. The number of hydrogen-bond acceptors (Lipinski definition) is 4. The zero-order valence-electron chi connectivity index (χ0n) is 13.0. The van der Waals surface area contributed by atoms with Gasteiger partial charge in [-0.15, -0.1) is 0 Å². The van der Waals surface area contributed by atoms with Crippen LogP contribution in [0, 0.1) is 8.34 Å². The fourth-order valence-corrected chi connectivity index (χ4v) is 3.67. The number of nitrogens with zero attached hydrogens (tertiary/aromatic N) is 1. The molecular formula is C17H12BrIN2O3S. The largest absolute Gasteiger partial charge is 0.493 e. The van der Waals surface area contributed by atoms with E-state index in [0.29, 0.717) is 33.3 Å². The third-order valence-electron chi connectivity index (χ3n) is 3.54. The number of benzene rings is 2. The molecule has 0 saturated heterocycles. The van der Waals surface area contributed by atoms with Crippen LogP contribution >= 0.6 is 50.7 Å². The number of fused-ring (bicyclic) bond motifs is 1. The van der Waals surface area contributed by atoms with Crippen LogP contribution < -0.4 is 10.3 Å². The van der Waals surface area contributed by atoms with Crippen LogP contribution in [0.2, 0.25) is 0 Å². The van der Waals surface area contributed by atoms with Crippen molar-refractivity contribution in [3.63, 3.8) is 0 Å². The molecule has 0 aliphatic heterocycles. The van der Waals surface area contributed by atoms with Crippen LogP contribution in [0.3, 0.4) is 0 Å². The SMILES string of the molecule is CCOc1ccc(C(=O)n2c(=S)[nH]c3ccc(I)cc3c2=O)cc1Br. The van der Waals surface area contributed by atoms with Gasteiger partial charge in [0, 0.05) is 9.13 Å². The summed E-state index contributed by atoms with van der Waals surface area (Å²) in [5.41, 5.74) is 0.501. The van der Waals surface area contributed by atoms with E-state index in [-0.39, 0.29) is 4.77 Å². The Kier molecular flexibility index (Phi) is 5.40. The van der Waals surface area contributed by atoms with E-state index in [0.717, 1.165) is 8.14 Å². The average Bonchev–Trinajstić information content (AvgIpc) is 2.57. The number of aromatic nitrogens is 2. The molecule has 5 nitrogen and oxygen atoms in total. The minimum atomic E-state index is -0.490. The average molecular weight is 531 g/mol. The molecule has 0 fully saturated rings. The van der Waals surface area contributed by atoms with E-state index in [4.69, 9.17) is 17.0 Å². The van der Waals surface area contributed by atoms with Crippen molar-refractivity contribution in [2.75, 3.05) is 6.61 Å². The van der Waals surface area contributed by atoms with Crippen LogP contribution in [-0.2, 0) is 0 Å². The van der Waals surface area contributed by atoms with Crippen LogP contribution in [0.25, 0.3) is 10.9 Å². The van der Waals surface area contributed by atoms with E-state index < -0.39 is 11.5 Å². The minimum absolute atomic E-state index is 0.0636. The zero-order valence-corrected chi connectivity index (χ0v) is 17.6. The fourth-order valence-electron chi connectivity index (χ4n) is 2.41. The molecule has 0 atom stereocenters. The van der Waals surface area contributed by atoms with Crippen molar-refractivity contribution in [1.82, 2.24) is 9.55 Å². The molecule has 0 spiro atoms. The van der Waals surface area contributed by atoms with E-state index in [1.807, 2.05) is 13.0 Å². The topological polar surface area (TPSA) is 64.1 Å². The Morgan fingerprint density at radius 3 is 2.76 bits per heavy atom. The Morgan fingerprint density at radius 1 is 1.32 bits per heavy atom. The van der Waals surface area contributed by atoms with Gasteiger partial charge in [-0.1, -0.05) is 0 Å². The zero-order chi connectivity index (χ0) is 18.1. The highest BCUT2D eigenvalue weighted by Gasteiger charge is 2.16. The standard InChI is InChI=1S/C17H12BrIN2O3S/c1-2-24-14-6-3-9(7-12(14)18)15(22)21-16(23)11-8-10(19)4-5-13(11)20-17(21)25/h3-8H,2H2,1H3,(H,20,25). The summed E-state index contributed by atoms with van der Waals surface area (Å²) in [6.45, 7) is 2.39. The van der Waals surface area contributed by atoms with Crippen molar-refractivity contribution in [2.45, 2.75) is 6.92 Å². The van der Waals surface area contributed by atoms with E-state index in [1.165, 1.54) is 0 Å². The maximum Gasteiger partial charge on any atom is 0.269 e. The molecule has 0 unspecified atom stereocenters.